The number of hydrogen-bond acceptors (Lipinski definition) is 7. The largest absolute Gasteiger partial charge is 0.462 e. The Balaban J connectivity index is 1.83. The van der Waals surface area contributed by atoms with Gasteiger partial charge in [-0.05, 0) is 32.2 Å². The van der Waals surface area contributed by atoms with Crippen molar-refractivity contribution in [2.45, 2.75) is 13.0 Å². The fourth-order valence-corrected chi connectivity index (χ4v) is 4.94. The first kappa shape index (κ1) is 26.0. The van der Waals surface area contributed by atoms with Crippen LogP contribution >= 0.6 is 23.2 Å². The van der Waals surface area contributed by atoms with Gasteiger partial charge in [0.15, 0.2) is 0 Å². The Kier molecular flexibility index (Phi) is 8.21. The second kappa shape index (κ2) is 11.3. The molecule has 3 aromatic rings. The number of fused-ring (bicyclic) bond motifs is 1. The van der Waals surface area contributed by atoms with Gasteiger partial charge in [-0.3, -0.25) is 14.7 Å². The van der Waals surface area contributed by atoms with Crippen LogP contribution in [0.3, 0.4) is 0 Å². The number of amides is 1. The van der Waals surface area contributed by atoms with Crippen LogP contribution in [-0.4, -0.2) is 72.8 Å². The molecule has 4 rings (SSSR count). The van der Waals surface area contributed by atoms with Crippen LogP contribution in [0.2, 0.25) is 10.0 Å². The molecule has 1 aliphatic rings. The first-order chi connectivity index (χ1) is 17.3. The number of carbonyl (C=O) groups is 3. The van der Waals surface area contributed by atoms with Crippen LogP contribution in [0, 0.1) is 0 Å². The number of aldehydes is 1. The minimum absolute atomic E-state index is 0.143. The number of rotatable bonds is 7. The third kappa shape index (κ3) is 5.22. The number of esters is 1. The first-order valence-electron chi connectivity index (χ1n) is 11.6. The summed E-state index contributed by atoms with van der Waals surface area (Å²) in [7, 11) is 2.03. The molecule has 1 aromatic heterocycles. The van der Waals surface area contributed by atoms with Crippen molar-refractivity contribution in [3.05, 3.63) is 69.3 Å². The fraction of sp³-hybridized carbons (Fsp3) is 0.308. The Morgan fingerprint density at radius 1 is 1.11 bits per heavy atom. The molecule has 0 saturated carbocycles. The molecule has 0 spiro atoms. The average Bonchev–Trinajstić information content (AvgIpc) is 2.86. The van der Waals surface area contributed by atoms with E-state index in [2.05, 4.69) is 15.2 Å². The molecular weight excluding hydrogens is 503 g/mol. The maximum absolute atomic E-state index is 13.1. The van der Waals surface area contributed by atoms with Gasteiger partial charge in [-0.15, -0.1) is 0 Å². The molecule has 0 bridgehead atoms. The number of nitrogens with one attached hydrogen (secondary N) is 1. The summed E-state index contributed by atoms with van der Waals surface area (Å²) in [6.07, 6.45) is 2.25. The highest BCUT2D eigenvalue weighted by atomic mass is 35.5. The lowest BCUT2D eigenvalue weighted by Crippen LogP contribution is -2.46. The van der Waals surface area contributed by atoms with E-state index in [0.717, 1.165) is 19.4 Å². The second-order valence-corrected chi connectivity index (χ2v) is 9.29. The van der Waals surface area contributed by atoms with Gasteiger partial charge in [-0.2, -0.15) is 0 Å². The number of anilines is 1. The smallest absolute Gasteiger partial charge is 0.340 e. The van der Waals surface area contributed by atoms with Gasteiger partial charge in [-0.1, -0.05) is 41.4 Å². The van der Waals surface area contributed by atoms with Gasteiger partial charge in [0.05, 0.1) is 45.0 Å². The number of piperazine rings is 1. The topological polar surface area (TPSA) is 91.8 Å². The van der Waals surface area contributed by atoms with Gasteiger partial charge in [0.1, 0.15) is 6.29 Å². The van der Waals surface area contributed by atoms with Crippen molar-refractivity contribution in [2.24, 2.45) is 0 Å². The van der Waals surface area contributed by atoms with Crippen LogP contribution < -0.4 is 5.32 Å². The van der Waals surface area contributed by atoms with E-state index in [9.17, 15) is 14.4 Å². The number of aromatic nitrogens is 1. The summed E-state index contributed by atoms with van der Waals surface area (Å²) in [6.45, 7) is 4.81. The SMILES string of the molecule is CCOC(=O)c1cnc2c(NC(=O)c3c(Cl)cccc3Cl)cccc2c1C(C=O)N1CCN(C)CC1. The lowest BCUT2D eigenvalue weighted by atomic mass is 9.95. The number of benzene rings is 2. The predicted octanol–water partition coefficient (Wildman–Crippen LogP) is 4.46. The monoisotopic (exact) mass is 528 g/mol. The van der Waals surface area contributed by atoms with Gasteiger partial charge < -0.3 is 19.7 Å². The number of likely N-dealkylation sites (N-methyl/N-ethyl adjacent to an activating group) is 1. The summed E-state index contributed by atoms with van der Waals surface area (Å²) in [5.41, 5.74) is 1.69. The van der Waals surface area contributed by atoms with Crippen molar-refractivity contribution in [1.82, 2.24) is 14.8 Å². The summed E-state index contributed by atoms with van der Waals surface area (Å²) in [5.74, 6) is -1.05. The zero-order chi connectivity index (χ0) is 25.8. The van der Waals surface area contributed by atoms with E-state index in [-0.39, 0.29) is 27.8 Å². The molecular formula is C26H26Cl2N4O4. The molecule has 1 amide bonds. The van der Waals surface area contributed by atoms with E-state index < -0.39 is 17.9 Å². The van der Waals surface area contributed by atoms with Crippen LogP contribution in [0.15, 0.2) is 42.6 Å². The third-order valence-electron chi connectivity index (χ3n) is 6.23. The maximum Gasteiger partial charge on any atom is 0.340 e. The molecule has 1 unspecified atom stereocenters. The minimum atomic E-state index is -0.687. The van der Waals surface area contributed by atoms with E-state index in [0.29, 0.717) is 35.2 Å². The Labute approximate surface area is 219 Å². The van der Waals surface area contributed by atoms with Crippen molar-refractivity contribution >= 4 is 58.0 Å². The van der Waals surface area contributed by atoms with Crippen LogP contribution in [0.1, 0.15) is 39.2 Å². The third-order valence-corrected chi connectivity index (χ3v) is 6.86. The average molecular weight is 529 g/mol. The zero-order valence-corrected chi connectivity index (χ0v) is 21.5. The fourth-order valence-electron chi connectivity index (χ4n) is 4.37. The van der Waals surface area contributed by atoms with Gasteiger partial charge in [0.25, 0.3) is 5.91 Å². The molecule has 36 heavy (non-hydrogen) atoms. The molecule has 10 heteroatoms. The highest BCUT2D eigenvalue weighted by molar-refractivity contribution is 6.40. The highest BCUT2D eigenvalue weighted by Gasteiger charge is 2.30. The van der Waals surface area contributed by atoms with E-state index in [1.54, 1.807) is 43.3 Å². The molecule has 2 aromatic carbocycles. The number of hydrogen-bond donors (Lipinski definition) is 1. The minimum Gasteiger partial charge on any atom is -0.462 e. The van der Waals surface area contributed by atoms with Crippen LogP contribution in [0.25, 0.3) is 10.9 Å². The number of halogens is 2. The predicted molar refractivity (Wildman–Crippen MR) is 140 cm³/mol. The summed E-state index contributed by atoms with van der Waals surface area (Å²) >= 11 is 12.4. The van der Waals surface area contributed by atoms with Crippen LogP contribution in [0.5, 0.6) is 0 Å². The molecule has 8 nitrogen and oxygen atoms in total. The maximum atomic E-state index is 13.1. The highest BCUT2D eigenvalue weighted by Crippen LogP contribution is 2.34. The first-order valence-corrected chi connectivity index (χ1v) is 12.3. The van der Waals surface area contributed by atoms with E-state index in [1.165, 1.54) is 6.20 Å². The molecule has 1 aliphatic heterocycles. The van der Waals surface area contributed by atoms with Crippen molar-refractivity contribution in [1.29, 1.82) is 0 Å². The van der Waals surface area contributed by atoms with Gasteiger partial charge in [-0.25, -0.2) is 4.79 Å². The van der Waals surface area contributed by atoms with Crippen molar-refractivity contribution in [3.8, 4) is 0 Å². The molecule has 1 N–H and O–H groups in total. The summed E-state index contributed by atoms with van der Waals surface area (Å²) < 4.78 is 5.27. The molecule has 1 fully saturated rings. The van der Waals surface area contributed by atoms with Gasteiger partial charge in [0.2, 0.25) is 0 Å². The van der Waals surface area contributed by atoms with Crippen LogP contribution in [-0.2, 0) is 9.53 Å². The quantitative estimate of drug-likeness (QED) is 0.357. The van der Waals surface area contributed by atoms with Gasteiger partial charge in [0, 0.05) is 43.3 Å². The lowest BCUT2D eigenvalue weighted by Gasteiger charge is -2.36. The van der Waals surface area contributed by atoms with Crippen molar-refractivity contribution < 1.29 is 19.1 Å². The lowest BCUT2D eigenvalue weighted by molar-refractivity contribution is -0.113. The standard InChI is InChI=1S/C26H26Cl2N4O4/c1-3-36-26(35)17-14-29-24-16(22(17)21(15-33)32-12-10-31(2)11-13-32)6-4-9-20(24)30-25(34)23-18(27)7-5-8-19(23)28/h4-9,14-15,21H,3,10-13H2,1-2H3,(H,30,34). The molecule has 0 aliphatic carbocycles. The normalized spacial score (nSPS) is 15.4. The Morgan fingerprint density at radius 3 is 2.42 bits per heavy atom. The van der Waals surface area contributed by atoms with Crippen molar-refractivity contribution in [3.63, 3.8) is 0 Å². The zero-order valence-electron chi connectivity index (χ0n) is 20.0. The molecule has 1 atom stereocenters. The Morgan fingerprint density at radius 2 is 1.78 bits per heavy atom. The Bertz CT molecular complexity index is 1290. The summed E-state index contributed by atoms with van der Waals surface area (Å²) in [5, 5.41) is 3.83. The van der Waals surface area contributed by atoms with Crippen molar-refractivity contribution in [2.75, 3.05) is 45.2 Å². The number of para-hydroxylation sites is 1. The van der Waals surface area contributed by atoms with E-state index in [1.807, 2.05) is 11.9 Å². The number of ether oxygens (including phenoxy) is 1. The molecule has 2 heterocycles. The molecule has 188 valence electrons. The van der Waals surface area contributed by atoms with Gasteiger partial charge >= 0.3 is 5.97 Å². The number of nitrogens with zero attached hydrogens (tertiary/aromatic N) is 3. The van der Waals surface area contributed by atoms with Crippen LogP contribution in [0.4, 0.5) is 5.69 Å². The summed E-state index contributed by atoms with van der Waals surface area (Å²) in [4.78, 5) is 47.1. The van der Waals surface area contributed by atoms with E-state index in [4.69, 9.17) is 27.9 Å². The number of carbonyl (C=O) groups excluding carboxylic acids is 3. The molecule has 0 radical (unpaired) electrons. The number of pyridine rings is 1. The second-order valence-electron chi connectivity index (χ2n) is 8.48. The van der Waals surface area contributed by atoms with E-state index >= 15 is 0 Å². The Hall–Kier alpha value is -3.04. The molecule has 1 saturated heterocycles. The summed E-state index contributed by atoms with van der Waals surface area (Å²) in [6, 6.07) is 9.34.